The van der Waals surface area contributed by atoms with Crippen LogP contribution < -0.4 is 0 Å². The Morgan fingerprint density at radius 2 is 1.95 bits per heavy atom. The Morgan fingerprint density at radius 3 is 2.76 bits per heavy atom. The van der Waals surface area contributed by atoms with Crippen molar-refractivity contribution in [3.05, 3.63) is 95.9 Å². The highest BCUT2D eigenvalue weighted by Crippen LogP contribution is 2.33. The Bertz CT molecular complexity index is 1350. The van der Waals surface area contributed by atoms with Crippen molar-refractivity contribution in [1.29, 1.82) is 0 Å². The zero-order valence-corrected chi connectivity index (χ0v) is 23.6. The molecule has 0 aliphatic carbocycles. The number of aliphatic hydroxyl groups excluding tert-OH is 1. The van der Waals surface area contributed by atoms with Crippen LogP contribution >= 0.6 is 11.8 Å². The molecule has 4 heterocycles. The third-order valence-corrected chi connectivity index (χ3v) is 8.44. The van der Waals surface area contributed by atoms with Crippen LogP contribution in [0.1, 0.15) is 44.1 Å². The van der Waals surface area contributed by atoms with E-state index >= 15 is 0 Å². The summed E-state index contributed by atoms with van der Waals surface area (Å²) in [6.07, 6.45) is 19.7. The molecule has 5 rings (SSSR count). The number of benzene rings is 1. The van der Waals surface area contributed by atoms with Gasteiger partial charge >= 0.3 is 5.92 Å². The lowest BCUT2D eigenvalue weighted by Gasteiger charge is -2.33. The summed E-state index contributed by atoms with van der Waals surface area (Å²) in [5, 5.41) is 10.2. The summed E-state index contributed by atoms with van der Waals surface area (Å²) in [5.41, 5.74) is 3.70. The zero-order chi connectivity index (χ0) is 28.7. The molecule has 1 aromatic rings. The number of nitrogens with zero attached hydrogens (tertiary/aromatic N) is 4. The van der Waals surface area contributed by atoms with Crippen LogP contribution in [-0.2, 0) is 5.92 Å². The molecule has 1 saturated heterocycles. The largest absolute Gasteiger partial charge is 0.382 e. The lowest BCUT2D eigenvalue weighted by Crippen LogP contribution is -2.41. The first-order valence-electron chi connectivity index (χ1n) is 14.1. The van der Waals surface area contributed by atoms with E-state index in [0.29, 0.717) is 18.7 Å². The summed E-state index contributed by atoms with van der Waals surface area (Å²) in [6.45, 7) is 0.566. The molecule has 0 spiro atoms. The fourth-order valence-corrected chi connectivity index (χ4v) is 6.18. The molecule has 1 aromatic carbocycles. The lowest BCUT2D eigenvalue weighted by atomic mass is 10.0. The molecule has 4 aliphatic heterocycles. The summed E-state index contributed by atoms with van der Waals surface area (Å²) in [4.78, 5) is 28.1. The van der Waals surface area contributed by atoms with Crippen molar-refractivity contribution in [3.8, 4) is 0 Å². The molecule has 6 nitrogen and oxygen atoms in total. The third kappa shape index (κ3) is 7.08. The van der Waals surface area contributed by atoms with Crippen LogP contribution in [0.4, 0.5) is 13.6 Å². The van der Waals surface area contributed by atoms with E-state index in [-0.39, 0.29) is 22.9 Å². The molecule has 0 aromatic heterocycles. The maximum absolute atomic E-state index is 14.7. The quantitative estimate of drug-likeness (QED) is 0.219. The maximum Gasteiger partial charge on any atom is 0.302 e. The Kier molecular flexibility index (Phi) is 9.57. The van der Waals surface area contributed by atoms with Gasteiger partial charge in [-0.3, -0.25) is 19.8 Å². The lowest BCUT2D eigenvalue weighted by molar-refractivity contribution is -0.0929. The zero-order valence-electron chi connectivity index (χ0n) is 22.8. The van der Waals surface area contributed by atoms with Gasteiger partial charge in [0.05, 0.1) is 17.5 Å². The van der Waals surface area contributed by atoms with Gasteiger partial charge in [0.1, 0.15) is 12.1 Å². The summed E-state index contributed by atoms with van der Waals surface area (Å²) in [6, 6.07) is 6.94. The molecule has 0 saturated carbocycles. The van der Waals surface area contributed by atoms with E-state index in [9.17, 15) is 18.7 Å². The van der Waals surface area contributed by atoms with Gasteiger partial charge in [-0.05, 0) is 50.0 Å². The second kappa shape index (κ2) is 13.5. The van der Waals surface area contributed by atoms with Gasteiger partial charge in [-0.2, -0.15) is 8.78 Å². The van der Waals surface area contributed by atoms with Crippen LogP contribution in [-0.4, -0.2) is 63.4 Å². The minimum atomic E-state index is -3.41. The Hall–Kier alpha value is -3.43. The molecule has 1 fully saturated rings. The fraction of sp³-hybridized carbons (Fsp3) is 0.375. The van der Waals surface area contributed by atoms with E-state index in [4.69, 9.17) is 4.99 Å². The van der Waals surface area contributed by atoms with Gasteiger partial charge in [-0.25, -0.2) is 0 Å². The number of halogens is 2. The average Bonchev–Trinajstić information content (AvgIpc) is 3.76. The maximum atomic E-state index is 14.7. The molecule has 41 heavy (non-hydrogen) atoms. The Balaban J connectivity index is 1.06. The number of aliphatic imine (C=N–C) groups is 3. The number of rotatable bonds is 12. The molecular formula is C32H34F2N4O2S. The van der Waals surface area contributed by atoms with Crippen LogP contribution in [0.5, 0.6) is 0 Å². The minimum absolute atomic E-state index is 0.0378. The summed E-state index contributed by atoms with van der Waals surface area (Å²) in [7, 11) is 0. The van der Waals surface area contributed by atoms with E-state index in [1.807, 2.05) is 18.2 Å². The van der Waals surface area contributed by atoms with Gasteiger partial charge in [-0.1, -0.05) is 73.2 Å². The van der Waals surface area contributed by atoms with Gasteiger partial charge in [0.25, 0.3) is 5.24 Å². The number of thioether (sulfide) groups is 1. The monoisotopic (exact) mass is 576 g/mol. The number of aliphatic hydroxyl groups is 1. The average molecular weight is 577 g/mol. The SMILES string of the molecule is O=C1SCC[C@H](/C=C/[C@@H](O)C(F)(F)c2ccccc2)N1CCCCCCC1=NC(C2=NC=CC2=C2C=CC=N2)C=C1. The van der Waals surface area contributed by atoms with E-state index in [0.717, 1.165) is 60.9 Å². The summed E-state index contributed by atoms with van der Waals surface area (Å²) < 4.78 is 29.4. The highest BCUT2D eigenvalue weighted by atomic mass is 32.2. The van der Waals surface area contributed by atoms with E-state index in [1.54, 1.807) is 29.5 Å². The van der Waals surface area contributed by atoms with E-state index < -0.39 is 12.0 Å². The van der Waals surface area contributed by atoms with Crippen LogP contribution in [0.25, 0.3) is 0 Å². The predicted molar refractivity (Wildman–Crippen MR) is 163 cm³/mol. The molecule has 1 N–H and O–H groups in total. The van der Waals surface area contributed by atoms with Crippen LogP contribution in [0.15, 0.2) is 105 Å². The molecule has 9 heteroatoms. The second-order valence-electron chi connectivity index (χ2n) is 10.3. The van der Waals surface area contributed by atoms with Gasteiger partial charge in [0.2, 0.25) is 0 Å². The number of hydrogen-bond acceptors (Lipinski definition) is 6. The first-order chi connectivity index (χ1) is 19.9. The summed E-state index contributed by atoms with van der Waals surface area (Å²) in [5.74, 6) is -2.77. The number of amides is 1. The first kappa shape index (κ1) is 29.1. The number of unbranched alkanes of at least 4 members (excludes halogenated alkanes) is 3. The molecule has 4 aliphatic rings. The van der Waals surface area contributed by atoms with Crippen molar-refractivity contribution in [2.45, 2.75) is 62.6 Å². The second-order valence-corrected chi connectivity index (χ2v) is 11.4. The first-order valence-corrected chi connectivity index (χ1v) is 15.1. The molecule has 0 radical (unpaired) electrons. The highest BCUT2D eigenvalue weighted by Gasteiger charge is 2.39. The normalized spacial score (nSPS) is 24.7. The van der Waals surface area contributed by atoms with Crippen LogP contribution in [0, 0.1) is 0 Å². The Labute approximate surface area is 243 Å². The molecule has 214 valence electrons. The molecule has 0 bridgehead atoms. The number of carbonyl (C=O) groups excluding carboxylic acids is 1. The van der Waals surface area contributed by atoms with Gasteiger partial charge in [0.15, 0.2) is 0 Å². The predicted octanol–water partition coefficient (Wildman–Crippen LogP) is 6.82. The number of alkyl halides is 2. The van der Waals surface area contributed by atoms with E-state index in [2.05, 4.69) is 22.1 Å². The van der Waals surface area contributed by atoms with Crippen molar-refractivity contribution in [2.24, 2.45) is 15.0 Å². The smallest absolute Gasteiger partial charge is 0.302 e. The molecule has 1 amide bonds. The highest BCUT2D eigenvalue weighted by molar-refractivity contribution is 8.13. The van der Waals surface area contributed by atoms with E-state index in [1.165, 1.54) is 36.0 Å². The van der Waals surface area contributed by atoms with Crippen LogP contribution in [0.2, 0.25) is 0 Å². The topological polar surface area (TPSA) is 77.6 Å². The van der Waals surface area contributed by atoms with Crippen molar-refractivity contribution in [2.75, 3.05) is 12.3 Å². The fourth-order valence-electron chi connectivity index (χ4n) is 5.25. The minimum Gasteiger partial charge on any atom is -0.382 e. The van der Waals surface area contributed by atoms with Crippen molar-refractivity contribution in [3.63, 3.8) is 0 Å². The van der Waals surface area contributed by atoms with Crippen molar-refractivity contribution < 1.29 is 18.7 Å². The number of allylic oxidation sites excluding steroid dienone is 4. The standard InChI is InChI=1S/C32H34F2N4O2S/c33-32(34,23-9-4-3-5-10-23)29(39)16-14-25-18-22-41-31(40)38(25)21-7-2-1-6-11-24-13-15-28(37-24)30-26(17-20-36-30)27-12-8-19-35-27/h3-5,8-10,12-17,19-20,25,28-29,39H,1-2,6-7,11,18,21-22H2/b16-14+,27-26?/t25-,28?,29+/m0/s1. The number of carbonyl (C=O) groups is 1. The van der Waals surface area contributed by atoms with Gasteiger partial charge in [0, 0.05) is 41.6 Å². The summed E-state index contributed by atoms with van der Waals surface area (Å²) >= 11 is 1.26. The van der Waals surface area contributed by atoms with Gasteiger partial charge < -0.3 is 10.0 Å². The molecule has 3 atom stereocenters. The van der Waals surface area contributed by atoms with Gasteiger partial charge in [-0.15, -0.1) is 0 Å². The van der Waals surface area contributed by atoms with Crippen LogP contribution in [0.3, 0.4) is 0 Å². The van der Waals surface area contributed by atoms with Crippen molar-refractivity contribution in [1.82, 2.24) is 4.90 Å². The molecular weight excluding hydrogens is 542 g/mol. The third-order valence-electron chi connectivity index (χ3n) is 7.52. The Morgan fingerprint density at radius 1 is 1.12 bits per heavy atom. The molecule has 1 unspecified atom stereocenters. The van der Waals surface area contributed by atoms with Crippen molar-refractivity contribution >= 4 is 34.6 Å². The number of hydrogen-bond donors (Lipinski definition) is 1.